The summed E-state index contributed by atoms with van der Waals surface area (Å²) in [4.78, 5) is 28.5. The Morgan fingerprint density at radius 3 is 2.63 bits per heavy atom. The fourth-order valence-electron chi connectivity index (χ4n) is 2.80. The van der Waals surface area contributed by atoms with Gasteiger partial charge in [-0.25, -0.2) is 0 Å². The van der Waals surface area contributed by atoms with Crippen molar-refractivity contribution in [3.63, 3.8) is 0 Å². The highest BCUT2D eigenvalue weighted by molar-refractivity contribution is 7.20. The highest BCUT2D eigenvalue weighted by Crippen LogP contribution is 2.28. The molecule has 4 rings (SSSR count). The Labute approximate surface area is 159 Å². The molecular weight excluding hydrogens is 362 g/mol. The topological polar surface area (TPSA) is 91.8 Å². The third-order valence-corrected chi connectivity index (χ3v) is 5.29. The van der Waals surface area contributed by atoms with Crippen molar-refractivity contribution in [2.75, 3.05) is 0 Å². The minimum Gasteiger partial charge on any atom is -0.357 e. The van der Waals surface area contributed by atoms with Gasteiger partial charge < -0.3 is 4.98 Å². The summed E-state index contributed by atoms with van der Waals surface area (Å²) in [5.41, 5.74) is 7.23. The summed E-state index contributed by atoms with van der Waals surface area (Å²) in [5.74, 6) is -0.761. The van der Waals surface area contributed by atoms with Gasteiger partial charge in [-0.2, -0.15) is 5.10 Å². The molecule has 4 aromatic rings. The van der Waals surface area contributed by atoms with Gasteiger partial charge in [0.25, 0.3) is 11.8 Å². The van der Waals surface area contributed by atoms with Gasteiger partial charge in [-0.1, -0.05) is 30.3 Å². The number of aromatic nitrogens is 3. The second kappa shape index (κ2) is 7.08. The number of nitrogens with zero attached hydrogens (tertiary/aromatic N) is 2. The number of aryl methyl sites for hydroxylation is 1. The number of carbonyl (C=O) groups excluding carboxylic acids is 2. The summed E-state index contributed by atoms with van der Waals surface area (Å²) in [6.07, 6.45) is 1.64. The number of carbonyl (C=O) groups is 2. The van der Waals surface area contributed by atoms with E-state index in [0.29, 0.717) is 17.1 Å². The molecule has 3 heterocycles. The van der Waals surface area contributed by atoms with Gasteiger partial charge in [-0.05, 0) is 30.7 Å². The van der Waals surface area contributed by atoms with E-state index in [4.69, 9.17) is 0 Å². The van der Waals surface area contributed by atoms with E-state index in [9.17, 15) is 9.59 Å². The van der Waals surface area contributed by atoms with Gasteiger partial charge in [0, 0.05) is 11.6 Å². The van der Waals surface area contributed by atoms with Crippen LogP contribution < -0.4 is 10.9 Å². The van der Waals surface area contributed by atoms with Crippen molar-refractivity contribution in [3.8, 4) is 0 Å². The number of aromatic amines is 1. The first-order valence-electron chi connectivity index (χ1n) is 8.37. The Morgan fingerprint density at radius 1 is 1.11 bits per heavy atom. The largest absolute Gasteiger partial charge is 0.357 e. The number of benzene rings is 1. The summed E-state index contributed by atoms with van der Waals surface area (Å²) in [6.45, 7) is 2.56. The average Bonchev–Trinajstić information content (AvgIpc) is 3.40. The Kier molecular flexibility index (Phi) is 4.47. The van der Waals surface area contributed by atoms with Gasteiger partial charge in [-0.3, -0.25) is 25.1 Å². The molecule has 3 aromatic heterocycles. The van der Waals surface area contributed by atoms with Gasteiger partial charge in [0.1, 0.15) is 10.5 Å². The first-order valence-corrected chi connectivity index (χ1v) is 9.18. The fraction of sp³-hybridized carbons (Fsp3) is 0.105. The molecule has 0 fully saturated rings. The van der Waals surface area contributed by atoms with E-state index in [0.717, 1.165) is 21.5 Å². The lowest BCUT2D eigenvalue weighted by molar-refractivity contribution is 0.0846. The van der Waals surface area contributed by atoms with E-state index in [1.165, 1.54) is 11.3 Å². The monoisotopic (exact) mass is 379 g/mol. The van der Waals surface area contributed by atoms with Crippen molar-refractivity contribution in [2.45, 2.75) is 13.5 Å². The number of thiophene rings is 1. The van der Waals surface area contributed by atoms with Crippen LogP contribution in [0.3, 0.4) is 0 Å². The number of hydrazine groups is 1. The second-order valence-electron chi connectivity index (χ2n) is 6.05. The number of amides is 2. The summed E-state index contributed by atoms with van der Waals surface area (Å²) in [7, 11) is 0. The van der Waals surface area contributed by atoms with Crippen LogP contribution in [0.1, 0.15) is 31.4 Å². The van der Waals surface area contributed by atoms with Crippen LogP contribution in [0.5, 0.6) is 0 Å². The predicted molar refractivity (Wildman–Crippen MR) is 104 cm³/mol. The Hall–Kier alpha value is -3.39. The van der Waals surface area contributed by atoms with E-state index >= 15 is 0 Å². The van der Waals surface area contributed by atoms with E-state index in [1.807, 2.05) is 41.9 Å². The van der Waals surface area contributed by atoms with Crippen LogP contribution >= 0.6 is 11.3 Å². The minimum atomic E-state index is -0.402. The molecule has 0 aliphatic carbocycles. The molecule has 0 bridgehead atoms. The molecule has 3 N–H and O–H groups in total. The van der Waals surface area contributed by atoms with E-state index in [1.54, 1.807) is 24.4 Å². The zero-order valence-electron chi connectivity index (χ0n) is 14.5. The first-order chi connectivity index (χ1) is 13.1. The van der Waals surface area contributed by atoms with Gasteiger partial charge in [0.2, 0.25) is 0 Å². The van der Waals surface area contributed by atoms with Gasteiger partial charge in [-0.15, -0.1) is 11.3 Å². The summed E-state index contributed by atoms with van der Waals surface area (Å²) >= 11 is 1.35. The number of fused-ring (bicyclic) bond motifs is 1. The number of nitrogens with one attached hydrogen (secondary N) is 3. The lowest BCUT2D eigenvalue weighted by Crippen LogP contribution is -2.41. The standard InChI is InChI=1S/C19H17N5O2S/c1-12-14-10-16(18(26)22-21-17(25)15-8-5-9-20-15)27-19(14)24(23-12)11-13-6-3-2-4-7-13/h2-10,20H,11H2,1H3,(H,21,25)(H,22,26). The van der Waals surface area contributed by atoms with Crippen LogP contribution in [0.15, 0.2) is 54.7 Å². The van der Waals surface area contributed by atoms with Crippen LogP contribution in [0, 0.1) is 6.92 Å². The third-order valence-electron chi connectivity index (χ3n) is 4.14. The summed E-state index contributed by atoms with van der Waals surface area (Å²) in [5, 5.41) is 5.52. The molecule has 8 heteroatoms. The number of rotatable bonds is 4. The van der Waals surface area contributed by atoms with Crippen LogP contribution in [-0.2, 0) is 6.54 Å². The molecule has 0 saturated carbocycles. The van der Waals surface area contributed by atoms with Crippen molar-refractivity contribution in [1.29, 1.82) is 0 Å². The van der Waals surface area contributed by atoms with E-state index in [-0.39, 0.29) is 5.91 Å². The van der Waals surface area contributed by atoms with Gasteiger partial charge in [0.05, 0.1) is 17.1 Å². The maximum absolute atomic E-state index is 12.4. The lowest BCUT2D eigenvalue weighted by Gasteiger charge is -2.05. The third kappa shape index (κ3) is 3.47. The number of hydrogen-bond acceptors (Lipinski definition) is 4. The molecule has 7 nitrogen and oxygen atoms in total. The Morgan fingerprint density at radius 2 is 1.89 bits per heavy atom. The number of H-pyrrole nitrogens is 1. The average molecular weight is 379 g/mol. The normalized spacial score (nSPS) is 10.9. The maximum atomic E-state index is 12.4. The van der Waals surface area contributed by atoms with Crippen molar-refractivity contribution < 1.29 is 9.59 Å². The quantitative estimate of drug-likeness (QED) is 0.476. The molecule has 0 aliphatic heterocycles. The van der Waals surface area contributed by atoms with Gasteiger partial charge in [0.15, 0.2) is 0 Å². The predicted octanol–water partition coefficient (Wildman–Crippen LogP) is 2.86. The van der Waals surface area contributed by atoms with Crippen molar-refractivity contribution in [2.24, 2.45) is 0 Å². The Bertz CT molecular complexity index is 1100. The van der Waals surface area contributed by atoms with E-state index < -0.39 is 5.91 Å². The lowest BCUT2D eigenvalue weighted by atomic mass is 10.2. The zero-order chi connectivity index (χ0) is 18.8. The highest BCUT2D eigenvalue weighted by Gasteiger charge is 2.17. The molecule has 136 valence electrons. The molecule has 2 amide bonds. The van der Waals surface area contributed by atoms with Crippen LogP contribution in [0.4, 0.5) is 0 Å². The smallest absolute Gasteiger partial charge is 0.286 e. The van der Waals surface area contributed by atoms with Crippen LogP contribution in [0.2, 0.25) is 0 Å². The summed E-state index contributed by atoms with van der Waals surface area (Å²) < 4.78 is 1.90. The minimum absolute atomic E-state index is 0.359. The molecule has 0 saturated heterocycles. The molecule has 0 spiro atoms. The fourth-order valence-corrected chi connectivity index (χ4v) is 3.86. The molecule has 0 atom stereocenters. The molecule has 1 aromatic carbocycles. The van der Waals surface area contributed by atoms with Crippen LogP contribution in [0.25, 0.3) is 10.2 Å². The maximum Gasteiger partial charge on any atom is 0.286 e. The van der Waals surface area contributed by atoms with E-state index in [2.05, 4.69) is 20.9 Å². The van der Waals surface area contributed by atoms with Crippen LogP contribution in [-0.4, -0.2) is 26.6 Å². The molecule has 0 unspecified atom stereocenters. The highest BCUT2D eigenvalue weighted by atomic mass is 32.1. The SMILES string of the molecule is Cc1nn(Cc2ccccc2)c2sc(C(=O)NNC(=O)c3ccc[nH]3)cc12. The zero-order valence-corrected chi connectivity index (χ0v) is 15.3. The molecular formula is C19H17N5O2S. The molecule has 27 heavy (non-hydrogen) atoms. The molecule has 0 aliphatic rings. The summed E-state index contributed by atoms with van der Waals surface area (Å²) in [6, 6.07) is 15.2. The first kappa shape index (κ1) is 17.0. The van der Waals surface area contributed by atoms with Crippen molar-refractivity contribution in [1.82, 2.24) is 25.6 Å². The van der Waals surface area contributed by atoms with Crippen molar-refractivity contribution in [3.05, 3.63) is 76.6 Å². The van der Waals surface area contributed by atoms with Crippen molar-refractivity contribution >= 4 is 33.4 Å². The number of hydrogen-bond donors (Lipinski definition) is 3. The van der Waals surface area contributed by atoms with Gasteiger partial charge >= 0.3 is 0 Å². The molecule has 0 radical (unpaired) electrons. The Balaban J connectivity index is 1.52. The second-order valence-corrected chi connectivity index (χ2v) is 7.08.